The molecule has 0 aromatic carbocycles. The monoisotopic (exact) mass is 259 g/mol. The molecule has 0 radical (unpaired) electrons. The van der Waals surface area contributed by atoms with Gasteiger partial charge in [-0.25, -0.2) is 4.79 Å². The fourth-order valence-electron chi connectivity index (χ4n) is 1.40. The van der Waals surface area contributed by atoms with E-state index in [1.807, 2.05) is 27.7 Å². The number of rotatable bonds is 5. The maximum Gasteiger partial charge on any atom is 0.410 e. The Balaban J connectivity index is 4.33. The van der Waals surface area contributed by atoms with Crippen LogP contribution in [0.5, 0.6) is 0 Å². The van der Waals surface area contributed by atoms with Crippen LogP contribution in [-0.4, -0.2) is 41.9 Å². The smallest absolute Gasteiger partial charge is 0.410 e. The molecule has 0 spiro atoms. The zero-order valence-electron chi connectivity index (χ0n) is 12.9. The van der Waals surface area contributed by atoms with Crippen LogP contribution in [0.25, 0.3) is 0 Å². The lowest BCUT2D eigenvalue weighted by atomic mass is 9.77. The number of carbonyl (C=O) groups excluding carboxylic acids is 1. The molecule has 4 nitrogen and oxygen atoms in total. The third kappa shape index (κ3) is 5.71. The van der Waals surface area contributed by atoms with Crippen LogP contribution in [0, 0.1) is 11.3 Å². The number of carbonyl (C=O) groups is 1. The summed E-state index contributed by atoms with van der Waals surface area (Å²) < 4.78 is 5.28. The van der Waals surface area contributed by atoms with Crippen molar-refractivity contribution < 1.29 is 14.6 Å². The van der Waals surface area contributed by atoms with Gasteiger partial charge in [0.2, 0.25) is 0 Å². The standard InChI is InChI=1S/C14H29NO3/c1-11(2)14(6,10-16)8-9-15(7)12(17)18-13(3,4)5/h11,16H,8-10H2,1-7H3. The highest BCUT2D eigenvalue weighted by atomic mass is 16.6. The molecule has 0 fully saturated rings. The molecule has 4 heteroatoms. The SMILES string of the molecule is CC(C)C(C)(CO)CCN(C)C(=O)OC(C)(C)C. The first-order valence-electron chi connectivity index (χ1n) is 6.57. The second kappa shape index (κ2) is 6.41. The Morgan fingerprint density at radius 2 is 1.78 bits per heavy atom. The van der Waals surface area contributed by atoms with Gasteiger partial charge in [-0.05, 0) is 38.5 Å². The van der Waals surface area contributed by atoms with Crippen molar-refractivity contribution in [3.8, 4) is 0 Å². The molecule has 0 rings (SSSR count). The van der Waals surface area contributed by atoms with Crippen LogP contribution < -0.4 is 0 Å². The molecule has 1 atom stereocenters. The number of amides is 1. The van der Waals surface area contributed by atoms with Gasteiger partial charge in [-0.2, -0.15) is 0 Å². The first kappa shape index (κ1) is 17.2. The van der Waals surface area contributed by atoms with Crippen LogP contribution >= 0.6 is 0 Å². The van der Waals surface area contributed by atoms with E-state index >= 15 is 0 Å². The number of aliphatic hydroxyl groups excluding tert-OH is 1. The highest BCUT2D eigenvalue weighted by Gasteiger charge is 2.29. The van der Waals surface area contributed by atoms with Gasteiger partial charge < -0.3 is 14.7 Å². The predicted molar refractivity (Wildman–Crippen MR) is 73.5 cm³/mol. The molecule has 0 aromatic heterocycles. The lowest BCUT2D eigenvalue weighted by Crippen LogP contribution is -2.38. The van der Waals surface area contributed by atoms with Gasteiger partial charge in [0.1, 0.15) is 5.60 Å². The summed E-state index contributed by atoms with van der Waals surface area (Å²) in [6, 6.07) is 0. The zero-order chi connectivity index (χ0) is 14.6. The molecule has 1 N–H and O–H groups in total. The molecular weight excluding hydrogens is 230 g/mol. The van der Waals surface area contributed by atoms with E-state index in [0.717, 1.165) is 6.42 Å². The van der Waals surface area contributed by atoms with E-state index in [-0.39, 0.29) is 18.1 Å². The van der Waals surface area contributed by atoms with Crippen molar-refractivity contribution in [2.45, 2.75) is 53.6 Å². The third-order valence-electron chi connectivity index (χ3n) is 3.48. The highest BCUT2D eigenvalue weighted by Crippen LogP contribution is 2.30. The van der Waals surface area contributed by atoms with Gasteiger partial charge in [0.05, 0.1) is 0 Å². The fourth-order valence-corrected chi connectivity index (χ4v) is 1.40. The quantitative estimate of drug-likeness (QED) is 0.826. The number of ether oxygens (including phenoxy) is 1. The Bertz CT molecular complexity index is 271. The second-order valence-corrected chi connectivity index (χ2v) is 6.62. The molecule has 0 aliphatic rings. The average molecular weight is 259 g/mol. The third-order valence-corrected chi connectivity index (χ3v) is 3.48. The summed E-state index contributed by atoms with van der Waals surface area (Å²) in [7, 11) is 1.73. The van der Waals surface area contributed by atoms with Crippen molar-refractivity contribution in [2.75, 3.05) is 20.2 Å². The van der Waals surface area contributed by atoms with Gasteiger partial charge in [0, 0.05) is 20.2 Å². The number of nitrogens with zero attached hydrogens (tertiary/aromatic N) is 1. The molecule has 108 valence electrons. The second-order valence-electron chi connectivity index (χ2n) is 6.62. The van der Waals surface area contributed by atoms with Crippen molar-refractivity contribution in [1.29, 1.82) is 0 Å². The van der Waals surface area contributed by atoms with Crippen LogP contribution in [0.1, 0.15) is 48.0 Å². The van der Waals surface area contributed by atoms with Gasteiger partial charge in [0.25, 0.3) is 0 Å². The Labute approximate surface area is 111 Å². The summed E-state index contributed by atoms with van der Waals surface area (Å²) >= 11 is 0. The first-order chi connectivity index (χ1) is 8.02. The Morgan fingerprint density at radius 3 is 2.11 bits per heavy atom. The van der Waals surface area contributed by atoms with Crippen molar-refractivity contribution in [1.82, 2.24) is 4.90 Å². The topological polar surface area (TPSA) is 49.8 Å². The predicted octanol–water partition coefficient (Wildman–Crippen LogP) is 2.90. The number of aliphatic hydroxyl groups is 1. The van der Waals surface area contributed by atoms with Gasteiger partial charge in [-0.15, -0.1) is 0 Å². The first-order valence-corrected chi connectivity index (χ1v) is 6.57. The maximum absolute atomic E-state index is 11.8. The largest absolute Gasteiger partial charge is 0.444 e. The number of hydrogen-bond acceptors (Lipinski definition) is 3. The molecule has 1 unspecified atom stereocenters. The fraction of sp³-hybridized carbons (Fsp3) is 0.929. The van der Waals surface area contributed by atoms with Crippen molar-refractivity contribution in [3.05, 3.63) is 0 Å². The normalized spacial score (nSPS) is 15.4. The lowest BCUT2D eigenvalue weighted by Gasteiger charge is -2.33. The summed E-state index contributed by atoms with van der Waals surface area (Å²) in [6.07, 6.45) is 0.447. The summed E-state index contributed by atoms with van der Waals surface area (Å²) in [4.78, 5) is 13.3. The van der Waals surface area contributed by atoms with Gasteiger partial charge in [-0.3, -0.25) is 0 Å². The molecular formula is C14H29NO3. The minimum Gasteiger partial charge on any atom is -0.444 e. The Kier molecular flexibility index (Phi) is 6.14. The molecule has 0 saturated heterocycles. The lowest BCUT2D eigenvalue weighted by molar-refractivity contribution is 0.0226. The summed E-state index contributed by atoms with van der Waals surface area (Å²) in [6.45, 7) is 12.5. The summed E-state index contributed by atoms with van der Waals surface area (Å²) in [5, 5.41) is 9.46. The summed E-state index contributed by atoms with van der Waals surface area (Å²) in [5.74, 6) is 0.370. The highest BCUT2D eigenvalue weighted by molar-refractivity contribution is 5.67. The van der Waals surface area contributed by atoms with Crippen LogP contribution in [0.2, 0.25) is 0 Å². The Morgan fingerprint density at radius 1 is 1.28 bits per heavy atom. The average Bonchev–Trinajstić information content (AvgIpc) is 2.22. The molecule has 0 aromatic rings. The molecule has 0 aliphatic carbocycles. The molecule has 1 amide bonds. The van der Waals surface area contributed by atoms with Crippen molar-refractivity contribution >= 4 is 6.09 Å². The van der Waals surface area contributed by atoms with Gasteiger partial charge >= 0.3 is 6.09 Å². The van der Waals surface area contributed by atoms with E-state index < -0.39 is 5.60 Å². The van der Waals surface area contributed by atoms with E-state index in [1.165, 1.54) is 0 Å². The molecule has 0 heterocycles. The van der Waals surface area contributed by atoms with E-state index in [4.69, 9.17) is 4.74 Å². The molecule has 0 saturated carbocycles. The van der Waals surface area contributed by atoms with E-state index in [2.05, 4.69) is 13.8 Å². The van der Waals surface area contributed by atoms with Crippen LogP contribution in [0.3, 0.4) is 0 Å². The number of hydrogen-bond donors (Lipinski definition) is 1. The zero-order valence-corrected chi connectivity index (χ0v) is 12.9. The van der Waals surface area contributed by atoms with Gasteiger partial charge in [-0.1, -0.05) is 20.8 Å². The van der Waals surface area contributed by atoms with Crippen LogP contribution in [-0.2, 0) is 4.74 Å². The van der Waals surface area contributed by atoms with Crippen LogP contribution in [0.15, 0.2) is 0 Å². The molecule has 18 heavy (non-hydrogen) atoms. The maximum atomic E-state index is 11.8. The minimum atomic E-state index is -0.469. The van der Waals surface area contributed by atoms with E-state index in [1.54, 1.807) is 11.9 Å². The molecule has 0 aliphatic heterocycles. The van der Waals surface area contributed by atoms with Crippen molar-refractivity contribution in [2.24, 2.45) is 11.3 Å². The van der Waals surface area contributed by atoms with E-state index in [9.17, 15) is 9.90 Å². The van der Waals surface area contributed by atoms with E-state index in [0.29, 0.717) is 12.5 Å². The molecule has 0 bridgehead atoms. The Hall–Kier alpha value is -0.770. The van der Waals surface area contributed by atoms with Crippen molar-refractivity contribution in [3.63, 3.8) is 0 Å². The summed E-state index contributed by atoms with van der Waals surface area (Å²) in [5.41, 5.74) is -0.625. The van der Waals surface area contributed by atoms with Crippen LogP contribution in [0.4, 0.5) is 4.79 Å². The van der Waals surface area contributed by atoms with Gasteiger partial charge in [0.15, 0.2) is 0 Å². The minimum absolute atomic E-state index is 0.132.